The summed E-state index contributed by atoms with van der Waals surface area (Å²) in [6, 6.07) is 3.61. The summed E-state index contributed by atoms with van der Waals surface area (Å²) in [5, 5.41) is 5.84. The van der Waals surface area contributed by atoms with Gasteiger partial charge in [0.1, 0.15) is 5.82 Å². The first-order valence-electron chi connectivity index (χ1n) is 6.09. The molecule has 18 heavy (non-hydrogen) atoms. The van der Waals surface area contributed by atoms with E-state index in [9.17, 15) is 4.79 Å². The lowest BCUT2D eigenvalue weighted by atomic mass is 10.2. The van der Waals surface area contributed by atoms with Gasteiger partial charge in [0.15, 0.2) is 0 Å². The highest BCUT2D eigenvalue weighted by atomic mass is 16.5. The number of hydrogen-bond donors (Lipinski definition) is 3. The molecule has 1 aromatic heterocycles. The molecule has 1 amide bonds. The van der Waals surface area contributed by atoms with Crippen molar-refractivity contribution in [2.24, 2.45) is 5.73 Å². The average molecular weight is 250 g/mol. The molecule has 4 N–H and O–H groups in total. The van der Waals surface area contributed by atoms with E-state index in [1.807, 2.05) is 6.07 Å². The van der Waals surface area contributed by atoms with Crippen molar-refractivity contribution in [2.75, 3.05) is 30.3 Å². The number of nitrogens with two attached hydrogens (primary N) is 1. The molecule has 0 spiro atoms. The molecule has 2 heterocycles. The number of aromatic nitrogens is 1. The van der Waals surface area contributed by atoms with Crippen LogP contribution in [-0.2, 0) is 9.53 Å². The molecular weight excluding hydrogens is 232 g/mol. The maximum atomic E-state index is 11.1. The number of rotatable bonds is 5. The summed E-state index contributed by atoms with van der Waals surface area (Å²) in [6.45, 7) is 1.59. The first-order chi connectivity index (χ1) is 8.78. The summed E-state index contributed by atoms with van der Waals surface area (Å²) in [6.07, 6.45) is 4.11. The third kappa shape index (κ3) is 3.68. The van der Waals surface area contributed by atoms with E-state index >= 15 is 0 Å². The Kier molecular flexibility index (Phi) is 4.49. The van der Waals surface area contributed by atoms with E-state index in [-0.39, 0.29) is 18.6 Å². The minimum absolute atomic E-state index is 0.0287. The smallest absolute Gasteiger partial charge is 0.238 e. The summed E-state index contributed by atoms with van der Waals surface area (Å²) in [4.78, 5) is 15.3. The molecule has 1 aliphatic rings. The molecule has 0 aromatic carbocycles. The van der Waals surface area contributed by atoms with E-state index in [0.717, 1.165) is 31.8 Å². The molecule has 0 saturated carbocycles. The standard InChI is InChI=1S/C12H18N4O2/c13-6-12(17)16-9-3-4-11(14-7-9)15-8-10-2-1-5-18-10/h3-4,7,10H,1-2,5-6,8,13H2,(H,14,15)(H,16,17). The van der Waals surface area contributed by atoms with Crippen LogP contribution in [0.3, 0.4) is 0 Å². The fraction of sp³-hybridized carbons (Fsp3) is 0.500. The summed E-state index contributed by atoms with van der Waals surface area (Å²) < 4.78 is 5.50. The number of carbonyl (C=O) groups is 1. The van der Waals surface area contributed by atoms with Gasteiger partial charge in [0.2, 0.25) is 5.91 Å². The van der Waals surface area contributed by atoms with Gasteiger partial charge in [0.25, 0.3) is 0 Å². The van der Waals surface area contributed by atoms with Crippen molar-refractivity contribution in [1.82, 2.24) is 4.98 Å². The van der Waals surface area contributed by atoms with Crippen molar-refractivity contribution in [3.05, 3.63) is 18.3 Å². The Morgan fingerprint density at radius 2 is 2.44 bits per heavy atom. The highest BCUT2D eigenvalue weighted by Crippen LogP contribution is 2.14. The van der Waals surface area contributed by atoms with E-state index in [2.05, 4.69) is 15.6 Å². The monoisotopic (exact) mass is 250 g/mol. The van der Waals surface area contributed by atoms with Crippen LogP contribution in [0.4, 0.5) is 11.5 Å². The zero-order valence-corrected chi connectivity index (χ0v) is 10.2. The van der Waals surface area contributed by atoms with Crippen LogP contribution in [0.2, 0.25) is 0 Å². The number of anilines is 2. The Bertz CT molecular complexity index is 388. The molecule has 1 saturated heterocycles. The van der Waals surface area contributed by atoms with Crippen molar-refractivity contribution < 1.29 is 9.53 Å². The fourth-order valence-electron chi connectivity index (χ4n) is 1.81. The number of nitrogens with zero attached hydrogens (tertiary/aromatic N) is 1. The Morgan fingerprint density at radius 1 is 1.56 bits per heavy atom. The lowest BCUT2D eigenvalue weighted by Gasteiger charge is -2.11. The lowest BCUT2D eigenvalue weighted by molar-refractivity contribution is -0.114. The maximum absolute atomic E-state index is 11.1. The highest BCUT2D eigenvalue weighted by molar-refractivity contribution is 5.91. The van der Waals surface area contributed by atoms with Gasteiger partial charge in [-0.15, -0.1) is 0 Å². The Labute approximate surface area is 106 Å². The zero-order valence-electron chi connectivity index (χ0n) is 10.2. The molecule has 0 radical (unpaired) electrons. The molecule has 1 fully saturated rings. The van der Waals surface area contributed by atoms with E-state index in [1.54, 1.807) is 12.3 Å². The Balaban J connectivity index is 1.81. The minimum atomic E-state index is -0.225. The van der Waals surface area contributed by atoms with Gasteiger partial charge in [-0.2, -0.15) is 0 Å². The molecule has 6 nitrogen and oxygen atoms in total. The second-order valence-corrected chi connectivity index (χ2v) is 4.20. The van der Waals surface area contributed by atoms with Gasteiger partial charge in [-0.05, 0) is 25.0 Å². The largest absolute Gasteiger partial charge is 0.376 e. The van der Waals surface area contributed by atoms with Crippen molar-refractivity contribution in [2.45, 2.75) is 18.9 Å². The second kappa shape index (κ2) is 6.32. The normalized spacial score (nSPS) is 18.6. The average Bonchev–Trinajstić information content (AvgIpc) is 2.91. The van der Waals surface area contributed by atoms with E-state index < -0.39 is 0 Å². The molecule has 98 valence electrons. The molecule has 1 aliphatic heterocycles. The molecule has 0 bridgehead atoms. The van der Waals surface area contributed by atoms with E-state index in [1.165, 1.54) is 0 Å². The second-order valence-electron chi connectivity index (χ2n) is 4.20. The van der Waals surface area contributed by atoms with Crippen LogP contribution in [0.15, 0.2) is 18.3 Å². The van der Waals surface area contributed by atoms with Gasteiger partial charge in [-0.1, -0.05) is 0 Å². The van der Waals surface area contributed by atoms with Crippen LogP contribution in [0.25, 0.3) is 0 Å². The lowest BCUT2D eigenvalue weighted by Crippen LogP contribution is -2.22. The SMILES string of the molecule is NCC(=O)Nc1ccc(NCC2CCCO2)nc1. The molecule has 1 unspecified atom stereocenters. The van der Waals surface area contributed by atoms with Crippen LogP contribution in [0.1, 0.15) is 12.8 Å². The third-order valence-corrected chi connectivity index (χ3v) is 2.77. The van der Waals surface area contributed by atoms with Crippen LogP contribution >= 0.6 is 0 Å². The summed E-state index contributed by atoms with van der Waals surface area (Å²) in [7, 11) is 0. The van der Waals surface area contributed by atoms with Gasteiger partial charge < -0.3 is 21.1 Å². The first kappa shape index (κ1) is 12.8. The van der Waals surface area contributed by atoms with Gasteiger partial charge in [0, 0.05) is 13.2 Å². The molecule has 1 aromatic rings. The number of nitrogens with one attached hydrogen (secondary N) is 2. The van der Waals surface area contributed by atoms with Crippen molar-refractivity contribution in [3.8, 4) is 0 Å². The van der Waals surface area contributed by atoms with Gasteiger partial charge in [-0.3, -0.25) is 4.79 Å². The number of amides is 1. The maximum Gasteiger partial charge on any atom is 0.238 e. The summed E-state index contributed by atoms with van der Waals surface area (Å²) in [5.74, 6) is 0.549. The molecular formula is C12H18N4O2. The van der Waals surface area contributed by atoms with Gasteiger partial charge in [-0.25, -0.2) is 4.98 Å². The van der Waals surface area contributed by atoms with E-state index in [4.69, 9.17) is 10.5 Å². The molecule has 0 aliphatic carbocycles. The van der Waals surface area contributed by atoms with Crippen LogP contribution in [0, 0.1) is 0 Å². The molecule has 6 heteroatoms. The minimum Gasteiger partial charge on any atom is -0.376 e. The first-order valence-corrected chi connectivity index (χ1v) is 6.09. The number of pyridine rings is 1. The van der Waals surface area contributed by atoms with Crippen molar-refractivity contribution in [3.63, 3.8) is 0 Å². The molecule has 2 rings (SSSR count). The highest BCUT2D eigenvalue weighted by Gasteiger charge is 2.14. The van der Waals surface area contributed by atoms with Crippen molar-refractivity contribution >= 4 is 17.4 Å². The van der Waals surface area contributed by atoms with Crippen LogP contribution < -0.4 is 16.4 Å². The predicted molar refractivity (Wildman–Crippen MR) is 69.4 cm³/mol. The quantitative estimate of drug-likeness (QED) is 0.711. The summed E-state index contributed by atoms with van der Waals surface area (Å²) in [5.41, 5.74) is 5.86. The van der Waals surface area contributed by atoms with Crippen LogP contribution in [0.5, 0.6) is 0 Å². The molecule has 1 atom stereocenters. The van der Waals surface area contributed by atoms with E-state index in [0.29, 0.717) is 5.69 Å². The summed E-state index contributed by atoms with van der Waals surface area (Å²) >= 11 is 0. The number of ether oxygens (including phenoxy) is 1. The van der Waals surface area contributed by atoms with Crippen LogP contribution in [-0.4, -0.2) is 36.7 Å². The zero-order chi connectivity index (χ0) is 12.8. The predicted octanol–water partition coefficient (Wildman–Crippen LogP) is 0.570. The third-order valence-electron chi connectivity index (χ3n) is 2.77. The Hall–Kier alpha value is -1.66. The Morgan fingerprint density at radius 3 is 3.06 bits per heavy atom. The number of carbonyl (C=O) groups excluding carboxylic acids is 1. The fourth-order valence-corrected chi connectivity index (χ4v) is 1.81. The van der Waals surface area contributed by atoms with Crippen molar-refractivity contribution in [1.29, 1.82) is 0 Å². The van der Waals surface area contributed by atoms with Gasteiger partial charge in [0.05, 0.1) is 24.5 Å². The number of hydrogen-bond acceptors (Lipinski definition) is 5. The van der Waals surface area contributed by atoms with Gasteiger partial charge >= 0.3 is 0 Å². The topological polar surface area (TPSA) is 89.3 Å².